The molecule has 0 saturated carbocycles. The minimum Gasteiger partial charge on any atom is -0.358 e. The van der Waals surface area contributed by atoms with Crippen molar-refractivity contribution in [1.82, 2.24) is 9.97 Å². The van der Waals surface area contributed by atoms with Gasteiger partial charge in [-0.15, -0.1) is 0 Å². The Hall–Kier alpha value is -1.80. The van der Waals surface area contributed by atoms with Crippen LogP contribution in [0.4, 0.5) is 0 Å². The first-order chi connectivity index (χ1) is 10.6. The summed E-state index contributed by atoms with van der Waals surface area (Å²) in [5.41, 5.74) is 5.58. The summed E-state index contributed by atoms with van der Waals surface area (Å²) < 4.78 is 0. The lowest BCUT2D eigenvalue weighted by Crippen LogP contribution is -1.89. The Bertz CT molecular complexity index is 785. The molecule has 0 amide bonds. The third-order valence-electron chi connectivity index (χ3n) is 3.99. The fourth-order valence-corrected chi connectivity index (χ4v) is 2.98. The van der Waals surface area contributed by atoms with Gasteiger partial charge in [0.2, 0.25) is 0 Å². The predicted octanol–water partition coefficient (Wildman–Crippen LogP) is 5.96. The number of halogens is 1. The zero-order valence-electron chi connectivity index (χ0n) is 13.3. The molecule has 1 aromatic carbocycles. The number of aryl methyl sites for hydroxylation is 1. The number of hydrogen-bond acceptors (Lipinski definition) is 1. The third-order valence-corrected chi connectivity index (χ3v) is 4.31. The zero-order valence-corrected chi connectivity index (χ0v) is 14.0. The van der Waals surface area contributed by atoms with Crippen LogP contribution in [0.2, 0.25) is 5.02 Å². The molecule has 0 aliphatic heterocycles. The first-order valence-corrected chi connectivity index (χ1v) is 8.23. The Morgan fingerprint density at radius 3 is 2.64 bits per heavy atom. The number of aromatic nitrogens is 2. The van der Waals surface area contributed by atoms with Gasteiger partial charge in [-0.3, -0.25) is 4.98 Å². The number of fused-ring (bicyclic) bond motifs is 1. The maximum absolute atomic E-state index is 6.49. The van der Waals surface area contributed by atoms with Gasteiger partial charge in [-0.1, -0.05) is 44.9 Å². The molecule has 0 aliphatic carbocycles. The van der Waals surface area contributed by atoms with E-state index in [0.717, 1.165) is 45.6 Å². The van der Waals surface area contributed by atoms with E-state index in [9.17, 15) is 0 Å². The first-order valence-electron chi connectivity index (χ1n) is 7.86. The molecule has 0 saturated heterocycles. The molecule has 0 spiro atoms. The average Bonchev–Trinajstić information content (AvgIpc) is 2.91. The third kappa shape index (κ3) is 2.89. The quantitative estimate of drug-likeness (QED) is 0.632. The smallest absolute Gasteiger partial charge is 0.0492 e. The lowest BCUT2D eigenvalue weighted by Gasteiger charge is -2.06. The van der Waals surface area contributed by atoms with Crippen LogP contribution in [0, 0.1) is 0 Å². The highest BCUT2D eigenvalue weighted by Crippen LogP contribution is 2.33. The second-order valence-electron chi connectivity index (χ2n) is 6.09. The van der Waals surface area contributed by atoms with E-state index in [1.165, 1.54) is 5.69 Å². The first kappa shape index (κ1) is 15.1. The topological polar surface area (TPSA) is 28.7 Å². The van der Waals surface area contributed by atoms with Gasteiger partial charge >= 0.3 is 0 Å². The van der Waals surface area contributed by atoms with E-state index < -0.39 is 0 Å². The Kier molecular flexibility index (Phi) is 4.21. The summed E-state index contributed by atoms with van der Waals surface area (Å²) in [5.74, 6) is 0.476. The van der Waals surface area contributed by atoms with Crippen molar-refractivity contribution in [3.63, 3.8) is 0 Å². The number of aromatic amines is 1. The van der Waals surface area contributed by atoms with E-state index in [1.807, 2.05) is 12.3 Å². The molecule has 0 bridgehead atoms. The van der Waals surface area contributed by atoms with Crippen molar-refractivity contribution in [2.24, 2.45) is 0 Å². The highest BCUT2D eigenvalue weighted by Gasteiger charge is 2.10. The number of H-pyrrole nitrogens is 1. The van der Waals surface area contributed by atoms with E-state index in [2.05, 4.69) is 55.0 Å². The van der Waals surface area contributed by atoms with Gasteiger partial charge in [0, 0.05) is 44.6 Å². The molecular weight excluding hydrogens is 292 g/mol. The van der Waals surface area contributed by atoms with E-state index >= 15 is 0 Å². The van der Waals surface area contributed by atoms with Crippen LogP contribution in [-0.2, 0) is 6.42 Å². The van der Waals surface area contributed by atoms with E-state index in [1.54, 1.807) is 0 Å². The number of pyridine rings is 1. The van der Waals surface area contributed by atoms with E-state index in [4.69, 9.17) is 11.6 Å². The molecule has 3 aromatic rings. The summed E-state index contributed by atoms with van der Waals surface area (Å²) in [5, 5.41) is 1.93. The molecule has 0 aliphatic rings. The molecule has 2 aromatic heterocycles. The number of nitrogens with one attached hydrogen (secondary N) is 1. The van der Waals surface area contributed by atoms with Gasteiger partial charge in [0.25, 0.3) is 0 Å². The highest BCUT2D eigenvalue weighted by atomic mass is 35.5. The monoisotopic (exact) mass is 312 g/mol. The molecule has 0 unspecified atom stereocenters. The van der Waals surface area contributed by atoms with Gasteiger partial charge in [0.1, 0.15) is 0 Å². The summed E-state index contributed by atoms with van der Waals surface area (Å²) in [4.78, 5) is 8.02. The number of rotatable bonds is 4. The predicted molar refractivity (Wildman–Crippen MR) is 94.6 cm³/mol. The van der Waals surface area contributed by atoms with Gasteiger partial charge < -0.3 is 4.98 Å². The standard InChI is InChI=1S/C19H21ClN2/c1-4-5-15-7-6-13(11-21-15)16-10-19-14(8-17(16)20)9-18(22-19)12(2)3/h6-12,22H,4-5H2,1-3H3. The van der Waals surface area contributed by atoms with Crippen LogP contribution in [-0.4, -0.2) is 9.97 Å². The van der Waals surface area contributed by atoms with Crippen molar-refractivity contribution >= 4 is 22.5 Å². The summed E-state index contributed by atoms with van der Waals surface area (Å²) >= 11 is 6.49. The van der Waals surface area contributed by atoms with Crippen LogP contribution in [0.15, 0.2) is 36.5 Å². The molecule has 22 heavy (non-hydrogen) atoms. The van der Waals surface area contributed by atoms with Crippen molar-refractivity contribution in [3.05, 3.63) is 52.9 Å². The van der Waals surface area contributed by atoms with Crippen molar-refractivity contribution in [1.29, 1.82) is 0 Å². The Balaban J connectivity index is 2.04. The van der Waals surface area contributed by atoms with E-state index in [0.29, 0.717) is 5.92 Å². The van der Waals surface area contributed by atoms with Gasteiger partial charge in [0.05, 0.1) is 0 Å². The number of benzene rings is 1. The van der Waals surface area contributed by atoms with Crippen molar-refractivity contribution < 1.29 is 0 Å². The minimum absolute atomic E-state index is 0.476. The molecule has 0 fully saturated rings. The Labute approximate surface area is 136 Å². The zero-order chi connectivity index (χ0) is 15.7. The normalized spacial score (nSPS) is 11.5. The number of nitrogens with zero attached hydrogens (tertiary/aromatic N) is 1. The van der Waals surface area contributed by atoms with E-state index in [-0.39, 0.29) is 0 Å². The molecule has 3 rings (SSSR count). The lowest BCUT2D eigenvalue weighted by atomic mass is 10.0. The molecule has 114 valence electrons. The van der Waals surface area contributed by atoms with Gasteiger partial charge in [-0.25, -0.2) is 0 Å². The highest BCUT2D eigenvalue weighted by molar-refractivity contribution is 6.34. The van der Waals surface area contributed by atoms with Crippen LogP contribution < -0.4 is 0 Å². The van der Waals surface area contributed by atoms with Crippen molar-refractivity contribution in [3.8, 4) is 11.1 Å². The van der Waals surface area contributed by atoms with Gasteiger partial charge in [0.15, 0.2) is 0 Å². The molecule has 2 nitrogen and oxygen atoms in total. The average molecular weight is 313 g/mol. The van der Waals surface area contributed by atoms with Crippen molar-refractivity contribution in [2.75, 3.05) is 0 Å². The van der Waals surface area contributed by atoms with Gasteiger partial charge in [-0.05, 0) is 36.6 Å². The van der Waals surface area contributed by atoms with Crippen molar-refractivity contribution in [2.45, 2.75) is 39.5 Å². The molecule has 2 heterocycles. The molecule has 3 heteroatoms. The van der Waals surface area contributed by atoms with Crippen LogP contribution in [0.3, 0.4) is 0 Å². The molecular formula is C19H21ClN2. The molecule has 1 N–H and O–H groups in total. The summed E-state index contributed by atoms with van der Waals surface area (Å²) in [6, 6.07) is 10.5. The summed E-state index contributed by atoms with van der Waals surface area (Å²) in [6.07, 6.45) is 4.05. The summed E-state index contributed by atoms with van der Waals surface area (Å²) in [7, 11) is 0. The van der Waals surface area contributed by atoms with Crippen LogP contribution in [0.5, 0.6) is 0 Å². The Morgan fingerprint density at radius 2 is 2.00 bits per heavy atom. The van der Waals surface area contributed by atoms with Crippen LogP contribution in [0.25, 0.3) is 22.0 Å². The Morgan fingerprint density at radius 1 is 1.18 bits per heavy atom. The SMILES string of the molecule is CCCc1ccc(-c2cc3[nH]c(C(C)C)cc3cc2Cl)cn1. The van der Waals surface area contributed by atoms with Gasteiger partial charge in [-0.2, -0.15) is 0 Å². The number of hydrogen-bond donors (Lipinski definition) is 1. The maximum Gasteiger partial charge on any atom is 0.0492 e. The second kappa shape index (κ2) is 6.13. The second-order valence-corrected chi connectivity index (χ2v) is 6.49. The minimum atomic E-state index is 0.476. The largest absolute Gasteiger partial charge is 0.358 e. The van der Waals surface area contributed by atoms with Crippen LogP contribution in [0.1, 0.15) is 44.5 Å². The van der Waals surface area contributed by atoms with Crippen LogP contribution >= 0.6 is 11.6 Å². The maximum atomic E-state index is 6.49. The summed E-state index contributed by atoms with van der Waals surface area (Å²) in [6.45, 7) is 6.53. The fourth-order valence-electron chi connectivity index (χ4n) is 2.70. The molecule has 0 radical (unpaired) electrons. The fraction of sp³-hybridized carbons (Fsp3) is 0.316. The molecule has 0 atom stereocenters. The lowest BCUT2D eigenvalue weighted by molar-refractivity contribution is 0.836.